The summed E-state index contributed by atoms with van der Waals surface area (Å²) < 4.78 is 5.21. The van der Waals surface area contributed by atoms with Gasteiger partial charge < -0.3 is 4.74 Å². The van der Waals surface area contributed by atoms with Crippen LogP contribution in [0.15, 0.2) is 30.5 Å². The summed E-state index contributed by atoms with van der Waals surface area (Å²) in [7, 11) is 0. The minimum Gasteiger partial charge on any atom is -0.456 e. The normalized spacial score (nSPS) is 10.2. The molecule has 0 atom stereocenters. The van der Waals surface area contributed by atoms with Gasteiger partial charge in [0.25, 0.3) is 0 Å². The number of hydrogen-bond acceptors (Lipinski definition) is 4. The number of aryl methyl sites for hydroxylation is 2. The Morgan fingerprint density at radius 2 is 2.24 bits per heavy atom. The average molecular weight is 247 g/mol. The zero-order chi connectivity index (χ0) is 12.3. The lowest BCUT2D eigenvalue weighted by atomic mass is 10.2. The number of rotatable bonds is 3. The highest BCUT2D eigenvalue weighted by atomic mass is 32.1. The lowest BCUT2D eigenvalue weighted by Gasteiger charge is -2.03. The Bertz CT molecular complexity index is 519. The molecule has 0 spiro atoms. The Morgan fingerprint density at radius 1 is 1.41 bits per heavy atom. The minimum atomic E-state index is -0.280. The molecule has 17 heavy (non-hydrogen) atoms. The highest BCUT2D eigenvalue weighted by molar-refractivity contribution is 7.12. The van der Waals surface area contributed by atoms with E-state index in [2.05, 4.69) is 4.98 Å². The monoisotopic (exact) mass is 247 g/mol. The van der Waals surface area contributed by atoms with Crippen LogP contribution in [0.2, 0.25) is 0 Å². The van der Waals surface area contributed by atoms with Gasteiger partial charge in [0.2, 0.25) is 0 Å². The Morgan fingerprint density at radius 3 is 2.82 bits per heavy atom. The van der Waals surface area contributed by atoms with Crippen LogP contribution in [0.4, 0.5) is 0 Å². The molecule has 0 aliphatic rings. The van der Waals surface area contributed by atoms with E-state index in [4.69, 9.17) is 4.74 Å². The van der Waals surface area contributed by atoms with Gasteiger partial charge in [-0.1, -0.05) is 6.07 Å². The zero-order valence-corrected chi connectivity index (χ0v) is 10.6. The predicted molar refractivity (Wildman–Crippen MR) is 67.1 cm³/mol. The highest BCUT2D eigenvalue weighted by Crippen LogP contribution is 2.21. The van der Waals surface area contributed by atoms with Gasteiger partial charge in [-0.3, -0.25) is 4.98 Å². The fourth-order valence-corrected chi connectivity index (χ4v) is 2.45. The van der Waals surface area contributed by atoms with Crippen molar-refractivity contribution in [1.29, 1.82) is 0 Å². The molecular formula is C13H13NO2S. The first-order chi connectivity index (χ1) is 8.16. The predicted octanol–water partition coefficient (Wildman–Crippen LogP) is 3.12. The van der Waals surface area contributed by atoms with Gasteiger partial charge in [0.15, 0.2) is 0 Å². The van der Waals surface area contributed by atoms with E-state index in [-0.39, 0.29) is 12.6 Å². The average Bonchev–Trinajstić information content (AvgIpc) is 2.67. The Hall–Kier alpha value is -1.68. The van der Waals surface area contributed by atoms with Crippen molar-refractivity contribution in [3.63, 3.8) is 0 Å². The molecule has 0 amide bonds. The summed E-state index contributed by atoms with van der Waals surface area (Å²) in [6.07, 6.45) is 1.68. The fraction of sp³-hybridized carbons (Fsp3) is 0.231. The second-order valence-corrected chi connectivity index (χ2v) is 5.18. The molecule has 4 heteroatoms. The van der Waals surface area contributed by atoms with Crippen LogP contribution in [-0.2, 0) is 11.3 Å². The van der Waals surface area contributed by atoms with Crippen LogP contribution in [0.1, 0.15) is 25.8 Å². The lowest BCUT2D eigenvalue weighted by molar-refractivity contribution is 0.0467. The standard InChI is InChI=1S/C13H13NO2S/c1-9-7-12(10(2)17-9)13(15)16-8-11-5-3-4-6-14-11/h3-7H,8H2,1-2H3. The number of hydrogen-bond donors (Lipinski definition) is 0. The van der Waals surface area contributed by atoms with E-state index < -0.39 is 0 Å². The largest absolute Gasteiger partial charge is 0.456 e. The molecule has 3 nitrogen and oxygen atoms in total. The summed E-state index contributed by atoms with van der Waals surface area (Å²) in [6.45, 7) is 4.12. The van der Waals surface area contributed by atoms with Crippen LogP contribution in [-0.4, -0.2) is 11.0 Å². The van der Waals surface area contributed by atoms with E-state index >= 15 is 0 Å². The van der Waals surface area contributed by atoms with Crippen molar-refractivity contribution in [2.75, 3.05) is 0 Å². The van der Waals surface area contributed by atoms with Gasteiger partial charge in [-0.15, -0.1) is 11.3 Å². The smallest absolute Gasteiger partial charge is 0.339 e. The van der Waals surface area contributed by atoms with E-state index in [0.717, 1.165) is 15.4 Å². The number of esters is 1. The summed E-state index contributed by atoms with van der Waals surface area (Å²) in [5.74, 6) is -0.280. The van der Waals surface area contributed by atoms with Crippen molar-refractivity contribution in [3.05, 3.63) is 51.5 Å². The molecule has 2 aromatic heterocycles. The van der Waals surface area contributed by atoms with E-state index in [1.165, 1.54) is 0 Å². The van der Waals surface area contributed by atoms with Gasteiger partial charge in [0.1, 0.15) is 6.61 Å². The number of carbonyl (C=O) groups is 1. The minimum absolute atomic E-state index is 0.216. The first-order valence-electron chi connectivity index (χ1n) is 5.31. The SMILES string of the molecule is Cc1cc(C(=O)OCc2ccccn2)c(C)s1. The van der Waals surface area contributed by atoms with Gasteiger partial charge in [-0.25, -0.2) is 4.79 Å². The van der Waals surface area contributed by atoms with Crippen molar-refractivity contribution in [2.24, 2.45) is 0 Å². The first-order valence-corrected chi connectivity index (χ1v) is 6.12. The Kier molecular flexibility index (Phi) is 3.54. The third-order valence-electron chi connectivity index (χ3n) is 2.34. The summed E-state index contributed by atoms with van der Waals surface area (Å²) in [4.78, 5) is 18.0. The molecule has 0 radical (unpaired) electrons. The molecule has 0 N–H and O–H groups in total. The van der Waals surface area contributed by atoms with E-state index in [1.54, 1.807) is 17.5 Å². The first kappa shape index (κ1) is 11.8. The van der Waals surface area contributed by atoms with E-state index in [9.17, 15) is 4.79 Å². The maximum absolute atomic E-state index is 11.8. The van der Waals surface area contributed by atoms with Crippen molar-refractivity contribution >= 4 is 17.3 Å². The van der Waals surface area contributed by atoms with Gasteiger partial charge >= 0.3 is 5.97 Å². The molecule has 0 bridgehead atoms. The number of thiophene rings is 1. The quantitative estimate of drug-likeness (QED) is 0.782. The number of aromatic nitrogens is 1. The molecule has 2 rings (SSSR count). The summed E-state index contributed by atoms with van der Waals surface area (Å²) >= 11 is 1.60. The topological polar surface area (TPSA) is 39.2 Å². The van der Waals surface area contributed by atoms with E-state index in [0.29, 0.717) is 5.56 Å². The number of nitrogens with zero attached hydrogens (tertiary/aromatic N) is 1. The van der Waals surface area contributed by atoms with Crippen molar-refractivity contribution < 1.29 is 9.53 Å². The van der Waals surface area contributed by atoms with Gasteiger partial charge in [-0.05, 0) is 32.0 Å². The molecule has 88 valence electrons. The fourth-order valence-electron chi connectivity index (χ4n) is 1.53. The molecule has 0 saturated carbocycles. The number of carbonyl (C=O) groups excluding carboxylic acids is 1. The molecule has 0 unspecified atom stereocenters. The van der Waals surface area contributed by atoms with Crippen molar-refractivity contribution in [3.8, 4) is 0 Å². The zero-order valence-electron chi connectivity index (χ0n) is 9.77. The summed E-state index contributed by atoms with van der Waals surface area (Å²) in [6, 6.07) is 7.40. The van der Waals surface area contributed by atoms with Crippen LogP contribution in [0.3, 0.4) is 0 Å². The second-order valence-electron chi connectivity index (χ2n) is 3.72. The van der Waals surface area contributed by atoms with Crippen LogP contribution < -0.4 is 0 Å². The van der Waals surface area contributed by atoms with Crippen LogP contribution in [0.25, 0.3) is 0 Å². The van der Waals surface area contributed by atoms with Crippen LogP contribution in [0, 0.1) is 13.8 Å². The van der Waals surface area contributed by atoms with Crippen molar-refractivity contribution in [1.82, 2.24) is 4.98 Å². The van der Waals surface area contributed by atoms with Gasteiger partial charge in [-0.2, -0.15) is 0 Å². The van der Waals surface area contributed by atoms with Gasteiger partial charge in [0.05, 0.1) is 11.3 Å². The molecule has 0 aliphatic heterocycles. The molecule has 2 heterocycles. The number of pyridine rings is 1. The molecule has 0 aliphatic carbocycles. The lowest BCUT2D eigenvalue weighted by Crippen LogP contribution is -2.06. The second kappa shape index (κ2) is 5.10. The Labute approximate surface area is 104 Å². The third kappa shape index (κ3) is 2.91. The molecule has 0 fully saturated rings. The highest BCUT2D eigenvalue weighted by Gasteiger charge is 2.13. The van der Waals surface area contributed by atoms with Crippen LogP contribution in [0.5, 0.6) is 0 Å². The molecule has 0 saturated heterocycles. The Balaban J connectivity index is 2.01. The molecular weight excluding hydrogens is 234 g/mol. The molecule has 0 aromatic carbocycles. The van der Waals surface area contributed by atoms with E-state index in [1.807, 2.05) is 38.1 Å². The number of ether oxygens (including phenoxy) is 1. The summed E-state index contributed by atoms with van der Waals surface area (Å²) in [5.41, 5.74) is 1.41. The maximum Gasteiger partial charge on any atom is 0.339 e. The third-order valence-corrected chi connectivity index (χ3v) is 3.30. The summed E-state index contributed by atoms with van der Waals surface area (Å²) in [5, 5.41) is 0. The van der Waals surface area contributed by atoms with Crippen LogP contribution >= 0.6 is 11.3 Å². The maximum atomic E-state index is 11.8. The molecule has 2 aromatic rings. The van der Waals surface area contributed by atoms with Gasteiger partial charge in [0, 0.05) is 16.0 Å². The van der Waals surface area contributed by atoms with Crippen molar-refractivity contribution in [2.45, 2.75) is 20.5 Å².